The number of hydrogen-bond acceptors (Lipinski definition) is 5. The largest absolute Gasteiger partial charge is 0.491 e. The summed E-state index contributed by atoms with van der Waals surface area (Å²) in [4.78, 5) is 13.0. The molecule has 35 heavy (non-hydrogen) atoms. The average molecular weight is 515 g/mol. The second-order valence-electron chi connectivity index (χ2n) is 8.41. The molecule has 0 bridgehead atoms. The summed E-state index contributed by atoms with van der Waals surface area (Å²) < 4.78 is 39.8. The zero-order valence-electron chi connectivity index (χ0n) is 19.7. The van der Waals surface area contributed by atoms with E-state index in [4.69, 9.17) is 21.1 Å². The van der Waals surface area contributed by atoms with Crippen LogP contribution in [0.5, 0.6) is 11.5 Å². The maximum atomic E-state index is 13.5. The summed E-state index contributed by atoms with van der Waals surface area (Å²) in [6, 6.07) is 17.0. The quantitative estimate of drug-likeness (QED) is 0.472. The third-order valence-corrected chi connectivity index (χ3v) is 7.93. The first-order valence-electron chi connectivity index (χ1n) is 11.2. The van der Waals surface area contributed by atoms with Gasteiger partial charge in [0.1, 0.15) is 18.1 Å². The highest BCUT2D eigenvalue weighted by molar-refractivity contribution is 7.92. The Morgan fingerprint density at radius 1 is 1.11 bits per heavy atom. The third-order valence-electron chi connectivity index (χ3n) is 5.91. The summed E-state index contributed by atoms with van der Waals surface area (Å²) in [5.41, 5.74) is 3.40. The van der Waals surface area contributed by atoms with Crippen LogP contribution in [0.2, 0.25) is 5.02 Å². The molecule has 3 aromatic rings. The van der Waals surface area contributed by atoms with Crippen LogP contribution in [0, 0.1) is 20.8 Å². The molecule has 0 saturated heterocycles. The Bertz CT molecular complexity index is 1340. The Labute approximate surface area is 210 Å². The van der Waals surface area contributed by atoms with E-state index in [0.717, 1.165) is 22.4 Å². The standard InChI is InChI=1S/C26H27ClN2O5S/c1-17-7-10-21(11-8-17)35(31,32)29-16-25(34-24-12-9-20(27)15-22(24)29)26(30)28-13-14-33-23-6-4-5-18(2)19(23)3/h4-12,15,25H,13-14,16H2,1-3H3,(H,28,30)/t25-/m0/s1. The van der Waals surface area contributed by atoms with Gasteiger partial charge in [-0.1, -0.05) is 41.4 Å². The first-order chi connectivity index (χ1) is 16.7. The van der Waals surface area contributed by atoms with Crippen LogP contribution in [0.1, 0.15) is 16.7 Å². The van der Waals surface area contributed by atoms with E-state index in [1.165, 1.54) is 10.4 Å². The molecule has 0 unspecified atom stereocenters. The van der Waals surface area contributed by atoms with Gasteiger partial charge in [0, 0.05) is 5.02 Å². The number of amides is 1. The molecule has 7 nitrogen and oxygen atoms in total. The van der Waals surface area contributed by atoms with Gasteiger partial charge < -0.3 is 14.8 Å². The van der Waals surface area contributed by atoms with Crippen molar-refractivity contribution in [3.8, 4) is 11.5 Å². The van der Waals surface area contributed by atoms with Gasteiger partial charge in [0.25, 0.3) is 15.9 Å². The molecule has 0 saturated carbocycles. The summed E-state index contributed by atoms with van der Waals surface area (Å²) in [6.45, 7) is 6.18. The molecule has 1 aliphatic rings. The van der Waals surface area contributed by atoms with Gasteiger partial charge in [-0.15, -0.1) is 0 Å². The minimum Gasteiger partial charge on any atom is -0.491 e. The van der Waals surface area contributed by atoms with Crippen LogP contribution in [0.3, 0.4) is 0 Å². The van der Waals surface area contributed by atoms with Crippen molar-refractivity contribution in [2.24, 2.45) is 0 Å². The minimum absolute atomic E-state index is 0.122. The molecule has 1 atom stereocenters. The smallest absolute Gasteiger partial charge is 0.264 e. The number of benzene rings is 3. The molecule has 3 aromatic carbocycles. The molecule has 1 aliphatic heterocycles. The van der Waals surface area contributed by atoms with Gasteiger partial charge in [-0.3, -0.25) is 9.10 Å². The van der Waals surface area contributed by atoms with Crippen molar-refractivity contribution in [2.45, 2.75) is 31.8 Å². The van der Waals surface area contributed by atoms with Crippen molar-refractivity contribution in [2.75, 3.05) is 24.0 Å². The molecule has 0 aliphatic carbocycles. The number of anilines is 1. The fourth-order valence-electron chi connectivity index (χ4n) is 3.76. The van der Waals surface area contributed by atoms with E-state index >= 15 is 0 Å². The van der Waals surface area contributed by atoms with Crippen molar-refractivity contribution in [1.29, 1.82) is 0 Å². The lowest BCUT2D eigenvalue weighted by atomic mass is 10.1. The Morgan fingerprint density at radius 3 is 2.60 bits per heavy atom. The van der Waals surface area contributed by atoms with Crippen LogP contribution in [0.4, 0.5) is 5.69 Å². The molecule has 184 valence electrons. The van der Waals surface area contributed by atoms with Crippen LogP contribution >= 0.6 is 11.6 Å². The maximum absolute atomic E-state index is 13.5. The van der Waals surface area contributed by atoms with Crippen molar-refractivity contribution >= 4 is 33.2 Å². The first kappa shape index (κ1) is 24.9. The molecular weight excluding hydrogens is 488 g/mol. The summed E-state index contributed by atoms with van der Waals surface area (Å²) >= 11 is 6.14. The fraction of sp³-hybridized carbons (Fsp3) is 0.269. The van der Waals surface area contributed by atoms with Gasteiger partial charge in [-0.25, -0.2) is 8.42 Å². The Morgan fingerprint density at radius 2 is 1.86 bits per heavy atom. The van der Waals surface area contributed by atoms with Crippen molar-refractivity contribution in [3.05, 3.63) is 82.4 Å². The molecule has 0 fully saturated rings. The number of nitrogens with zero attached hydrogens (tertiary/aromatic N) is 1. The number of rotatable bonds is 7. The second kappa shape index (κ2) is 10.2. The number of ether oxygens (including phenoxy) is 2. The van der Waals surface area contributed by atoms with Crippen molar-refractivity contribution < 1.29 is 22.7 Å². The molecule has 1 heterocycles. The van der Waals surface area contributed by atoms with Crippen LogP contribution in [-0.4, -0.2) is 40.1 Å². The highest BCUT2D eigenvalue weighted by Gasteiger charge is 2.37. The van der Waals surface area contributed by atoms with Crippen LogP contribution in [0.25, 0.3) is 0 Å². The number of aryl methyl sites for hydroxylation is 2. The van der Waals surface area contributed by atoms with E-state index in [-0.39, 0.29) is 30.3 Å². The van der Waals surface area contributed by atoms with Crippen LogP contribution in [-0.2, 0) is 14.8 Å². The number of carbonyl (C=O) groups excluding carboxylic acids is 1. The predicted molar refractivity (Wildman–Crippen MR) is 136 cm³/mol. The first-order valence-corrected chi connectivity index (χ1v) is 13.0. The van der Waals surface area contributed by atoms with E-state index in [1.807, 2.05) is 39.0 Å². The van der Waals surface area contributed by atoms with Crippen LogP contribution in [0.15, 0.2) is 65.6 Å². The maximum Gasteiger partial charge on any atom is 0.264 e. The summed E-state index contributed by atoms with van der Waals surface area (Å²) in [5, 5.41) is 3.15. The van der Waals surface area contributed by atoms with Gasteiger partial charge >= 0.3 is 0 Å². The number of sulfonamides is 1. The van der Waals surface area contributed by atoms with Crippen molar-refractivity contribution in [1.82, 2.24) is 5.32 Å². The summed E-state index contributed by atoms with van der Waals surface area (Å²) in [6.07, 6.45) is -1.04. The highest BCUT2D eigenvalue weighted by Crippen LogP contribution is 2.38. The predicted octanol–water partition coefficient (Wildman–Crippen LogP) is 4.42. The lowest BCUT2D eigenvalue weighted by Crippen LogP contribution is -2.51. The summed E-state index contributed by atoms with van der Waals surface area (Å²) in [5.74, 6) is 0.594. The molecule has 1 N–H and O–H groups in total. The van der Waals surface area contributed by atoms with E-state index in [1.54, 1.807) is 36.4 Å². The normalized spacial score (nSPS) is 15.2. The van der Waals surface area contributed by atoms with E-state index in [0.29, 0.717) is 10.7 Å². The second-order valence-corrected chi connectivity index (χ2v) is 10.7. The van der Waals surface area contributed by atoms with Gasteiger partial charge in [0.2, 0.25) is 0 Å². The van der Waals surface area contributed by atoms with E-state index < -0.39 is 22.0 Å². The van der Waals surface area contributed by atoms with Gasteiger partial charge in [0.15, 0.2) is 6.10 Å². The molecule has 4 rings (SSSR count). The lowest BCUT2D eigenvalue weighted by molar-refractivity contribution is -0.127. The fourth-order valence-corrected chi connectivity index (χ4v) is 5.39. The number of fused-ring (bicyclic) bond motifs is 1. The van der Waals surface area contributed by atoms with E-state index in [9.17, 15) is 13.2 Å². The molecular formula is C26H27ClN2O5S. The zero-order valence-corrected chi connectivity index (χ0v) is 21.3. The number of halogens is 1. The highest BCUT2D eigenvalue weighted by atomic mass is 35.5. The topological polar surface area (TPSA) is 84.9 Å². The van der Waals surface area contributed by atoms with Crippen molar-refractivity contribution in [3.63, 3.8) is 0 Å². The number of nitrogens with one attached hydrogen (secondary N) is 1. The number of carbonyl (C=O) groups is 1. The lowest BCUT2D eigenvalue weighted by Gasteiger charge is -2.35. The van der Waals surface area contributed by atoms with Crippen LogP contribution < -0.4 is 19.1 Å². The Hall–Kier alpha value is -3.23. The Kier molecular flexibility index (Phi) is 7.23. The molecule has 0 aromatic heterocycles. The van der Waals surface area contributed by atoms with Gasteiger partial charge in [0.05, 0.1) is 23.7 Å². The van der Waals surface area contributed by atoms with Gasteiger partial charge in [-0.05, 0) is 68.3 Å². The van der Waals surface area contributed by atoms with E-state index in [2.05, 4.69) is 5.32 Å². The monoisotopic (exact) mass is 514 g/mol. The average Bonchev–Trinajstić information content (AvgIpc) is 2.83. The number of hydrogen-bond donors (Lipinski definition) is 1. The third kappa shape index (κ3) is 5.39. The molecule has 9 heteroatoms. The molecule has 0 radical (unpaired) electrons. The Balaban J connectivity index is 1.49. The SMILES string of the molecule is Cc1ccc(S(=O)(=O)N2C[C@@H](C(=O)NCCOc3cccc(C)c3C)Oc3ccc(Cl)cc32)cc1. The molecule has 0 spiro atoms. The minimum atomic E-state index is -3.96. The van der Waals surface area contributed by atoms with Gasteiger partial charge in [-0.2, -0.15) is 0 Å². The summed E-state index contributed by atoms with van der Waals surface area (Å²) in [7, 11) is -3.96. The molecule has 1 amide bonds. The zero-order chi connectivity index (χ0) is 25.2.